The van der Waals surface area contributed by atoms with Crippen molar-refractivity contribution in [2.24, 2.45) is 0 Å². The standard InChI is InChI=1S/C24H32Cl2N2O2/c25-17-22(29)28(16-15-18-7-3-1-4-8-18)23(19-11-13-20(26)14-12-19)24(30)27-21-9-5-2-6-10-21/h7,11-14,21,23H,1-6,8-10,15-17H2,(H,27,30)/t23-/m1/s1. The highest BCUT2D eigenvalue weighted by Gasteiger charge is 2.32. The molecule has 164 valence electrons. The summed E-state index contributed by atoms with van der Waals surface area (Å²) in [7, 11) is 0. The fourth-order valence-electron chi connectivity index (χ4n) is 4.52. The van der Waals surface area contributed by atoms with Gasteiger partial charge in [-0.25, -0.2) is 0 Å². The minimum atomic E-state index is -0.695. The zero-order valence-corrected chi connectivity index (χ0v) is 19.1. The predicted molar refractivity (Wildman–Crippen MR) is 123 cm³/mol. The van der Waals surface area contributed by atoms with Crippen molar-refractivity contribution >= 4 is 35.0 Å². The monoisotopic (exact) mass is 450 g/mol. The molecule has 2 aliphatic carbocycles. The number of rotatable bonds is 8. The van der Waals surface area contributed by atoms with Crippen molar-refractivity contribution in [1.82, 2.24) is 10.2 Å². The third kappa shape index (κ3) is 6.49. The first-order valence-corrected chi connectivity index (χ1v) is 12.1. The zero-order valence-electron chi connectivity index (χ0n) is 17.5. The molecule has 0 radical (unpaired) electrons. The molecule has 0 aromatic heterocycles. The van der Waals surface area contributed by atoms with Gasteiger partial charge in [0.1, 0.15) is 11.9 Å². The molecule has 1 fully saturated rings. The molecule has 0 bridgehead atoms. The van der Waals surface area contributed by atoms with Crippen molar-refractivity contribution in [3.63, 3.8) is 0 Å². The van der Waals surface area contributed by atoms with Crippen molar-refractivity contribution in [1.29, 1.82) is 0 Å². The Kier molecular flexibility index (Phi) is 9.07. The summed E-state index contributed by atoms with van der Waals surface area (Å²) in [6.07, 6.45) is 13.1. The summed E-state index contributed by atoms with van der Waals surface area (Å²) in [5, 5.41) is 3.81. The van der Waals surface area contributed by atoms with Crippen molar-refractivity contribution in [2.75, 3.05) is 12.4 Å². The van der Waals surface area contributed by atoms with E-state index in [4.69, 9.17) is 23.2 Å². The van der Waals surface area contributed by atoms with Crippen LogP contribution in [0.15, 0.2) is 35.9 Å². The number of alkyl halides is 1. The van der Waals surface area contributed by atoms with E-state index in [9.17, 15) is 9.59 Å². The molecule has 3 rings (SSSR count). The van der Waals surface area contributed by atoms with E-state index in [2.05, 4.69) is 11.4 Å². The molecule has 2 aliphatic rings. The van der Waals surface area contributed by atoms with Gasteiger partial charge in [-0.05, 0) is 62.6 Å². The van der Waals surface area contributed by atoms with Gasteiger partial charge in [-0.15, -0.1) is 11.6 Å². The molecule has 0 spiro atoms. The van der Waals surface area contributed by atoms with Gasteiger partial charge in [0.2, 0.25) is 11.8 Å². The second kappa shape index (κ2) is 11.8. The number of allylic oxidation sites excluding steroid dienone is 1. The first-order valence-electron chi connectivity index (χ1n) is 11.2. The lowest BCUT2D eigenvalue weighted by atomic mass is 9.94. The number of amides is 2. The maximum absolute atomic E-state index is 13.4. The molecule has 0 unspecified atom stereocenters. The first-order chi connectivity index (χ1) is 14.6. The SMILES string of the molecule is O=C(NC1CCCCC1)[C@@H](c1ccc(Cl)cc1)N(CCC1=CCCCC1)C(=O)CCl. The molecule has 1 aromatic carbocycles. The zero-order chi connectivity index (χ0) is 21.3. The van der Waals surface area contributed by atoms with Gasteiger partial charge in [-0.1, -0.05) is 54.6 Å². The number of nitrogens with zero attached hydrogens (tertiary/aromatic N) is 1. The third-order valence-corrected chi connectivity index (χ3v) is 6.67. The van der Waals surface area contributed by atoms with E-state index < -0.39 is 6.04 Å². The highest BCUT2D eigenvalue weighted by molar-refractivity contribution is 6.30. The van der Waals surface area contributed by atoms with Crippen LogP contribution < -0.4 is 5.32 Å². The first kappa shape index (κ1) is 23.1. The van der Waals surface area contributed by atoms with Crippen LogP contribution in [0.3, 0.4) is 0 Å². The second-order valence-corrected chi connectivity index (χ2v) is 9.08. The Labute approximate surface area is 190 Å². The van der Waals surface area contributed by atoms with E-state index in [1.165, 1.54) is 24.8 Å². The van der Waals surface area contributed by atoms with Crippen LogP contribution in [0.25, 0.3) is 0 Å². The fourth-order valence-corrected chi connectivity index (χ4v) is 4.79. The molecule has 0 aliphatic heterocycles. The van der Waals surface area contributed by atoms with E-state index in [-0.39, 0.29) is 23.7 Å². The van der Waals surface area contributed by atoms with Gasteiger partial charge in [0.05, 0.1) is 0 Å². The Bertz CT molecular complexity index is 742. The van der Waals surface area contributed by atoms with Crippen molar-refractivity contribution in [2.45, 2.75) is 76.3 Å². The number of carbonyl (C=O) groups is 2. The molecule has 1 atom stereocenters. The second-order valence-electron chi connectivity index (χ2n) is 8.38. The maximum Gasteiger partial charge on any atom is 0.247 e. The Morgan fingerprint density at radius 3 is 2.43 bits per heavy atom. The number of hydrogen-bond donors (Lipinski definition) is 1. The quantitative estimate of drug-likeness (QED) is 0.402. The highest BCUT2D eigenvalue weighted by Crippen LogP contribution is 2.27. The summed E-state index contributed by atoms with van der Waals surface area (Å²) in [5.41, 5.74) is 2.14. The topological polar surface area (TPSA) is 49.4 Å². The van der Waals surface area contributed by atoms with Gasteiger partial charge >= 0.3 is 0 Å². The lowest BCUT2D eigenvalue weighted by molar-refractivity contribution is -0.139. The van der Waals surface area contributed by atoms with Crippen molar-refractivity contribution < 1.29 is 9.59 Å². The molecule has 1 saturated carbocycles. The van der Waals surface area contributed by atoms with Crippen LogP contribution in [0.1, 0.15) is 75.8 Å². The van der Waals surface area contributed by atoms with E-state index >= 15 is 0 Å². The summed E-state index contributed by atoms with van der Waals surface area (Å²) < 4.78 is 0. The number of nitrogens with one attached hydrogen (secondary N) is 1. The predicted octanol–water partition coefficient (Wildman–Crippen LogP) is 5.79. The molecule has 6 heteroatoms. The molecule has 1 aromatic rings. The minimum Gasteiger partial charge on any atom is -0.351 e. The van der Waals surface area contributed by atoms with Crippen LogP contribution in [0.2, 0.25) is 5.02 Å². The molecule has 1 N–H and O–H groups in total. The van der Waals surface area contributed by atoms with Crippen LogP contribution in [0.4, 0.5) is 0 Å². The normalized spacial score (nSPS) is 18.4. The molecular formula is C24H32Cl2N2O2. The summed E-state index contributed by atoms with van der Waals surface area (Å²) in [5.74, 6) is -0.480. The average molecular weight is 451 g/mol. The molecule has 0 saturated heterocycles. The number of carbonyl (C=O) groups excluding carboxylic acids is 2. The lowest BCUT2D eigenvalue weighted by Gasteiger charge is -2.33. The largest absolute Gasteiger partial charge is 0.351 e. The number of benzene rings is 1. The van der Waals surface area contributed by atoms with Gasteiger partial charge in [-0.2, -0.15) is 0 Å². The van der Waals surface area contributed by atoms with E-state index in [1.807, 2.05) is 12.1 Å². The Morgan fingerprint density at radius 2 is 1.80 bits per heavy atom. The summed E-state index contributed by atoms with van der Waals surface area (Å²) in [6, 6.07) is 6.69. The summed E-state index contributed by atoms with van der Waals surface area (Å²) in [4.78, 5) is 27.9. The van der Waals surface area contributed by atoms with Crippen LogP contribution in [-0.4, -0.2) is 35.2 Å². The van der Waals surface area contributed by atoms with Gasteiger partial charge < -0.3 is 10.2 Å². The van der Waals surface area contributed by atoms with Crippen LogP contribution in [0.5, 0.6) is 0 Å². The molecule has 4 nitrogen and oxygen atoms in total. The van der Waals surface area contributed by atoms with E-state index in [0.29, 0.717) is 11.6 Å². The van der Waals surface area contributed by atoms with Crippen LogP contribution in [0, 0.1) is 0 Å². The van der Waals surface area contributed by atoms with Crippen molar-refractivity contribution in [3.8, 4) is 0 Å². The molecule has 2 amide bonds. The van der Waals surface area contributed by atoms with E-state index in [0.717, 1.165) is 50.5 Å². The smallest absolute Gasteiger partial charge is 0.247 e. The lowest BCUT2D eigenvalue weighted by Crippen LogP contribution is -2.47. The van der Waals surface area contributed by atoms with E-state index in [1.54, 1.807) is 17.0 Å². The third-order valence-electron chi connectivity index (χ3n) is 6.19. The molecule has 30 heavy (non-hydrogen) atoms. The highest BCUT2D eigenvalue weighted by atomic mass is 35.5. The molecular weight excluding hydrogens is 419 g/mol. The molecule has 0 heterocycles. The van der Waals surface area contributed by atoms with Crippen LogP contribution >= 0.6 is 23.2 Å². The Morgan fingerprint density at radius 1 is 1.07 bits per heavy atom. The summed E-state index contributed by atoms with van der Waals surface area (Å²) >= 11 is 12.0. The van der Waals surface area contributed by atoms with Crippen molar-refractivity contribution in [3.05, 3.63) is 46.5 Å². The Balaban J connectivity index is 1.83. The number of hydrogen-bond acceptors (Lipinski definition) is 2. The van der Waals surface area contributed by atoms with Crippen LogP contribution in [-0.2, 0) is 9.59 Å². The maximum atomic E-state index is 13.4. The number of halogens is 2. The fraction of sp³-hybridized carbons (Fsp3) is 0.583. The minimum absolute atomic E-state index is 0.125. The average Bonchev–Trinajstić information content (AvgIpc) is 2.78. The van der Waals surface area contributed by atoms with Gasteiger partial charge in [0, 0.05) is 17.6 Å². The van der Waals surface area contributed by atoms with Gasteiger partial charge in [0.15, 0.2) is 0 Å². The van der Waals surface area contributed by atoms with Gasteiger partial charge in [0.25, 0.3) is 0 Å². The van der Waals surface area contributed by atoms with Gasteiger partial charge in [-0.3, -0.25) is 9.59 Å². The Hall–Kier alpha value is -1.52. The summed E-state index contributed by atoms with van der Waals surface area (Å²) in [6.45, 7) is 0.489.